The third-order valence-electron chi connectivity index (χ3n) is 3.47. The SMILES string of the molecule is COc1ccc(OC)c(NCCC(=O)Nc2ccc(C)cc2Br)c1. The van der Waals surface area contributed by atoms with Gasteiger partial charge in [-0.3, -0.25) is 4.79 Å². The minimum Gasteiger partial charge on any atom is -0.497 e. The predicted molar refractivity (Wildman–Crippen MR) is 100 cm³/mol. The van der Waals surface area contributed by atoms with Crippen molar-refractivity contribution in [2.24, 2.45) is 0 Å². The van der Waals surface area contributed by atoms with Crippen molar-refractivity contribution in [3.8, 4) is 11.5 Å². The molecule has 0 heterocycles. The van der Waals surface area contributed by atoms with Crippen molar-refractivity contribution in [1.29, 1.82) is 0 Å². The molecule has 0 aliphatic rings. The zero-order valence-corrected chi connectivity index (χ0v) is 15.6. The van der Waals surface area contributed by atoms with Gasteiger partial charge in [0, 0.05) is 23.5 Å². The van der Waals surface area contributed by atoms with E-state index >= 15 is 0 Å². The number of benzene rings is 2. The van der Waals surface area contributed by atoms with Crippen LogP contribution >= 0.6 is 15.9 Å². The first-order valence-corrected chi connectivity index (χ1v) is 8.34. The standard InChI is InChI=1S/C18H21BrN2O3/c1-12-4-6-15(14(19)10-12)21-18(22)8-9-20-16-11-13(23-2)5-7-17(16)24-3/h4-7,10-11,20H,8-9H2,1-3H3,(H,21,22). The Morgan fingerprint density at radius 1 is 1.08 bits per heavy atom. The van der Waals surface area contributed by atoms with Gasteiger partial charge >= 0.3 is 0 Å². The first-order valence-electron chi connectivity index (χ1n) is 7.55. The molecule has 2 N–H and O–H groups in total. The Morgan fingerprint density at radius 3 is 2.54 bits per heavy atom. The van der Waals surface area contributed by atoms with Crippen LogP contribution < -0.4 is 20.1 Å². The molecule has 0 spiro atoms. The van der Waals surface area contributed by atoms with Crippen molar-refractivity contribution in [3.05, 3.63) is 46.4 Å². The number of rotatable bonds is 7. The molecule has 0 unspecified atom stereocenters. The number of amides is 1. The molecule has 5 nitrogen and oxygen atoms in total. The molecular weight excluding hydrogens is 372 g/mol. The van der Waals surface area contributed by atoms with Crippen molar-refractivity contribution >= 4 is 33.2 Å². The van der Waals surface area contributed by atoms with E-state index in [0.717, 1.165) is 27.2 Å². The van der Waals surface area contributed by atoms with Crippen molar-refractivity contribution < 1.29 is 14.3 Å². The minimum absolute atomic E-state index is 0.0612. The van der Waals surface area contributed by atoms with Gasteiger partial charge in [0.15, 0.2) is 0 Å². The van der Waals surface area contributed by atoms with Crippen LogP contribution in [0, 0.1) is 6.92 Å². The lowest BCUT2D eigenvalue weighted by Gasteiger charge is -2.13. The summed E-state index contributed by atoms with van der Waals surface area (Å²) in [5.74, 6) is 1.37. The second-order valence-electron chi connectivity index (χ2n) is 5.27. The molecule has 2 aromatic carbocycles. The van der Waals surface area contributed by atoms with Crippen LogP contribution in [-0.2, 0) is 4.79 Å². The third kappa shape index (κ3) is 4.89. The van der Waals surface area contributed by atoms with Gasteiger partial charge in [-0.05, 0) is 52.7 Å². The van der Waals surface area contributed by atoms with E-state index in [2.05, 4.69) is 26.6 Å². The van der Waals surface area contributed by atoms with E-state index in [1.165, 1.54) is 0 Å². The Balaban J connectivity index is 1.90. The number of anilines is 2. The summed E-state index contributed by atoms with van der Waals surface area (Å²) in [4.78, 5) is 12.1. The molecule has 0 aliphatic heterocycles. The smallest absolute Gasteiger partial charge is 0.226 e. The lowest BCUT2D eigenvalue weighted by atomic mass is 10.2. The number of ether oxygens (including phenoxy) is 2. The highest BCUT2D eigenvalue weighted by Crippen LogP contribution is 2.29. The molecule has 0 aliphatic carbocycles. The van der Waals surface area contributed by atoms with Gasteiger partial charge in [-0.2, -0.15) is 0 Å². The number of carbonyl (C=O) groups excluding carboxylic acids is 1. The summed E-state index contributed by atoms with van der Waals surface area (Å²) in [5.41, 5.74) is 2.69. The van der Waals surface area contributed by atoms with Crippen LogP contribution in [0.2, 0.25) is 0 Å². The molecule has 0 saturated heterocycles. The van der Waals surface area contributed by atoms with Crippen molar-refractivity contribution in [2.75, 3.05) is 31.4 Å². The van der Waals surface area contributed by atoms with Crippen LogP contribution in [0.3, 0.4) is 0 Å². The molecule has 0 fully saturated rings. The van der Waals surface area contributed by atoms with E-state index in [0.29, 0.717) is 18.7 Å². The summed E-state index contributed by atoms with van der Waals surface area (Å²) in [7, 11) is 3.22. The van der Waals surface area contributed by atoms with Gasteiger partial charge in [0.25, 0.3) is 0 Å². The lowest BCUT2D eigenvalue weighted by Crippen LogP contribution is -2.16. The van der Waals surface area contributed by atoms with E-state index in [9.17, 15) is 4.79 Å². The first-order chi connectivity index (χ1) is 11.5. The number of hydrogen-bond acceptors (Lipinski definition) is 4. The summed E-state index contributed by atoms with van der Waals surface area (Å²) in [6, 6.07) is 11.3. The number of hydrogen-bond donors (Lipinski definition) is 2. The summed E-state index contributed by atoms with van der Waals surface area (Å²) in [6.07, 6.45) is 0.334. The number of carbonyl (C=O) groups is 1. The van der Waals surface area contributed by atoms with Gasteiger partial charge in [0.05, 0.1) is 25.6 Å². The first kappa shape index (κ1) is 18.1. The van der Waals surface area contributed by atoms with E-state index in [-0.39, 0.29) is 5.91 Å². The molecule has 2 rings (SSSR count). The number of aryl methyl sites for hydroxylation is 1. The summed E-state index contributed by atoms with van der Waals surface area (Å²) >= 11 is 3.45. The fourth-order valence-corrected chi connectivity index (χ4v) is 2.79. The van der Waals surface area contributed by atoms with Crippen molar-refractivity contribution in [1.82, 2.24) is 0 Å². The topological polar surface area (TPSA) is 59.6 Å². The highest BCUT2D eigenvalue weighted by atomic mass is 79.9. The molecule has 0 atom stereocenters. The molecule has 0 bridgehead atoms. The molecular formula is C18H21BrN2O3. The van der Waals surface area contributed by atoms with E-state index in [1.807, 2.05) is 43.3 Å². The van der Waals surface area contributed by atoms with Crippen LogP contribution in [0.4, 0.5) is 11.4 Å². The third-order valence-corrected chi connectivity index (χ3v) is 4.13. The Morgan fingerprint density at radius 2 is 1.88 bits per heavy atom. The quantitative estimate of drug-likeness (QED) is 0.740. The molecule has 128 valence electrons. The second-order valence-corrected chi connectivity index (χ2v) is 6.13. The van der Waals surface area contributed by atoms with Gasteiger partial charge in [-0.25, -0.2) is 0 Å². The zero-order chi connectivity index (χ0) is 17.5. The molecule has 6 heteroatoms. The van der Waals surface area contributed by atoms with Crippen molar-refractivity contribution in [2.45, 2.75) is 13.3 Å². The Labute approximate surface area is 150 Å². The normalized spacial score (nSPS) is 10.2. The summed E-state index contributed by atoms with van der Waals surface area (Å²) in [6.45, 7) is 2.49. The summed E-state index contributed by atoms with van der Waals surface area (Å²) in [5, 5.41) is 6.09. The van der Waals surface area contributed by atoms with Gasteiger partial charge < -0.3 is 20.1 Å². The number of methoxy groups -OCH3 is 2. The Hall–Kier alpha value is -2.21. The lowest BCUT2D eigenvalue weighted by molar-refractivity contribution is -0.115. The van der Waals surface area contributed by atoms with E-state index in [1.54, 1.807) is 14.2 Å². The van der Waals surface area contributed by atoms with Crippen LogP contribution in [0.5, 0.6) is 11.5 Å². The van der Waals surface area contributed by atoms with Crippen molar-refractivity contribution in [3.63, 3.8) is 0 Å². The highest BCUT2D eigenvalue weighted by molar-refractivity contribution is 9.10. The fraction of sp³-hybridized carbons (Fsp3) is 0.278. The zero-order valence-electron chi connectivity index (χ0n) is 14.0. The minimum atomic E-state index is -0.0612. The highest BCUT2D eigenvalue weighted by Gasteiger charge is 2.08. The second kappa shape index (κ2) is 8.59. The predicted octanol–water partition coefficient (Wildman–Crippen LogP) is 4.22. The number of nitrogens with one attached hydrogen (secondary N) is 2. The summed E-state index contributed by atoms with van der Waals surface area (Å²) < 4.78 is 11.4. The maximum Gasteiger partial charge on any atom is 0.226 e. The van der Waals surface area contributed by atoms with E-state index < -0.39 is 0 Å². The van der Waals surface area contributed by atoms with Gasteiger partial charge in [-0.1, -0.05) is 6.07 Å². The van der Waals surface area contributed by atoms with Crippen LogP contribution in [0.25, 0.3) is 0 Å². The Kier molecular flexibility index (Phi) is 6.49. The Bertz CT molecular complexity index is 719. The monoisotopic (exact) mass is 392 g/mol. The largest absolute Gasteiger partial charge is 0.497 e. The van der Waals surface area contributed by atoms with Crippen LogP contribution in [-0.4, -0.2) is 26.7 Å². The van der Waals surface area contributed by atoms with Gasteiger partial charge in [0.2, 0.25) is 5.91 Å². The fourth-order valence-electron chi connectivity index (χ4n) is 2.20. The molecule has 0 radical (unpaired) electrons. The van der Waals surface area contributed by atoms with Gasteiger partial charge in [0.1, 0.15) is 11.5 Å². The maximum atomic E-state index is 12.1. The van der Waals surface area contributed by atoms with Gasteiger partial charge in [-0.15, -0.1) is 0 Å². The average Bonchev–Trinajstić information content (AvgIpc) is 2.57. The number of halogens is 1. The van der Waals surface area contributed by atoms with Crippen LogP contribution in [0.15, 0.2) is 40.9 Å². The van der Waals surface area contributed by atoms with E-state index in [4.69, 9.17) is 9.47 Å². The molecule has 0 aromatic heterocycles. The molecule has 24 heavy (non-hydrogen) atoms. The molecule has 0 saturated carbocycles. The van der Waals surface area contributed by atoms with Crippen LogP contribution in [0.1, 0.15) is 12.0 Å². The molecule has 1 amide bonds. The maximum absolute atomic E-state index is 12.1. The molecule has 2 aromatic rings. The average molecular weight is 393 g/mol.